The van der Waals surface area contributed by atoms with Gasteiger partial charge in [-0.1, -0.05) is 0 Å². The quantitative estimate of drug-likeness (QED) is 0.453. The Morgan fingerprint density at radius 1 is 1.56 bits per heavy atom. The summed E-state index contributed by atoms with van der Waals surface area (Å²) in [5, 5.41) is 22.0. The summed E-state index contributed by atoms with van der Waals surface area (Å²) in [4.78, 5) is 10.2. The Bertz CT molecular complexity index is 454. The van der Waals surface area contributed by atoms with Gasteiger partial charge in [0, 0.05) is 30.7 Å². The van der Waals surface area contributed by atoms with Crippen LogP contribution in [0.2, 0.25) is 0 Å². The first-order chi connectivity index (χ1) is 8.69. The van der Waals surface area contributed by atoms with Gasteiger partial charge >= 0.3 is 0 Å². The fourth-order valence-electron chi connectivity index (χ4n) is 1.48. The lowest BCUT2D eigenvalue weighted by atomic mass is 10.1. The minimum absolute atomic E-state index is 0.0459. The zero-order valence-corrected chi connectivity index (χ0v) is 10.2. The number of nitriles is 1. The fraction of sp³-hybridized carbons (Fsp3) is 0.417. The molecule has 0 aliphatic rings. The van der Waals surface area contributed by atoms with Crippen LogP contribution < -0.4 is 10.1 Å². The van der Waals surface area contributed by atoms with Gasteiger partial charge in [0.05, 0.1) is 17.6 Å². The highest BCUT2D eigenvalue weighted by atomic mass is 16.6. The van der Waals surface area contributed by atoms with E-state index in [-0.39, 0.29) is 5.69 Å². The van der Waals surface area contributed by atoms with Gasteiger partial charge in [-0.05, 0) is 19.5 Å². The molecule has 1 aromatic rings. The summed E-state index contributed by atoms with van der Waals surface area (Å²) in [7, 11) is 1.76. The third-order valence-corrected chi connectivity index (χ3v) is 2.31. The minimum Gasteiger partial charge on any atom is -0.493 e. The second-order valence-electron chi connectivity index (χ2n) is 3.69. The topological polar surface area (TPSA) is 88.2 Å². The van der Waals surface area contributed by atoms with Crippen molar-refractivity contribution < 1.29 is 9.66 Å². The Morgan fingerprint density at radius 3 is 2.94 bits per heavy atom. The van der Waals surface area contributed by atoms with Crippen molar-refractivity contribution in [1.82, 2.24) is 5.32 Å². The van der Waals surface area contributed by atoms with E-state index >= 15 is 0 Å². The molecule has 0 amide bonds. The maximum atomic E-state index is 10.7. The Kier molecular flexibility index (Phi) is 5.61. The number of ether oxygens (including phenoxy) is 1. The zero-order valence-electron chi connectivity index (χ0n) is 10.2. The van der Waals surface area contributed by atoms with E-state index in [0.29, 0.717) is 31.7 Å². The summed E-state index contributed by atoms with van der Waals surface area (Å²) < 4.78 is 5.51. The molecule has 0 bridgehead atoms. The van der Waals surface area contributed by atoms with Crippen LogP contribution in [0.15, 0.2) is 18.2 Å². The highest BCUT2D eigenvalue weighted by Gasteiger charge is 2.11. The highest BCUT2D eigenvalue weighted by Crippen LogP contribution is 2.24. The van der Waals surface area contributed by atoms with Gasteiger partial charge in [-0.3, -0.25) is 10.1 Å². The van der Waals surface area contributed by atoms with E-state index in [1.54, 1.807) is 13.1 Å². The first kappa shape index (κ1) is 13.9. The molecule has 0 saturated heterocycles. The molecule has 1 N–H and O–H groups in total. The van der Waals surface area contributed by atoms with E-state index in [9.17, 15) is 10.1 Å². The molecule has 18 heavy (non-hydrogen) atoms. The normalized spacial score (nSPS) is 9.78. The number of nitrogens with zero attached hydrogens (tertiary/aromatic N) is 2. The van der Waals surface area contributed by atoms with E-state index < -0.39 is 4.92 Å². The van der Waals surface area contributed by atoms with Crippen LogP contribution in [0.5, 0.6) is 5.75 Å². The van der Waals surface area contributed by atoms with Gasteiger partial charge in [0.2, 0.25) is 0 Å². The van der Waals surface area contributed by atoms with E-state index in [4.69, 9.17) is 10.00 Å². The number of rotatable bonds is 7. The largest absolute Gasteiger partial charge is 0.493 e. The SMILES string of the molecule is CNCc1cc([N+](=O)[O-])ccc1OCCCC#N. The number of hydrogen-bond donors (Lipinski definition) is 1. The molecule has 96 valence electrons. The molecular formula is C12H15N3O3. The summed E-state index contributed by atoms with van der Waals surface area (Å²) in [6, 6.07) is 6.54. The lowest BCUT2D eigenvalue weighted by Gasteiger charge is -2.10. The lowest BCUT2D eigenvalue weighted by Crippen LogP contribution is -2.08. The smallest absolute Gasteiger partial charge is 0.270 e. The maximum Gasteiger partial charge on any atom is 0.270 e. The third kappa shape index (κ3) is 4.03. The molecule has 0 radical (unpaired) electrons. The molecule has 0 fully saturated rings. The Hall–Kier alpha value is -2.13. The van der Waals surface area contributed by atoms with Crippen molar-refractivity contribution in [1.29, 1.82) is 5.26 Å². The molecule has 1 rings (SSSR count). The standard InChI is InChI=1S/C12H15N3O3/c1-14-9-10-8-11(15(16)17)4-5-12(10)18-7-3-2-6-13/h4-5,8,14H,2-3,7,9H2,1H3. The molecule has 0 aliphatic carbocycles. The minimum atomic E-state index is -0.432. The Labute approximate surface area is 105 Å². The van der Waals surface area contributed by atoms with Gasteiger partial charge in [0.15, 0.2) is 0 Å². The lowest BCUT2D eigenvalue weighted by molar-refractivity contribution is -0.384. The van der Waals surface area contributed by atoms with Crippen LogP contribution in [0, 0.1) is 21.4 Å². The zero-order chi connectivity index (χ0) is 13.4. The van der Waals surface area contributed by atoms with Gasteiger partial charge < -0.3 is 10.1 Å². The summed E-state index contributed by atoms with van der Waals surface area (Å²) >= 11 is 0. The number of non-ortho nitro benzene ring substituents is 1. The molecule has 0 spiro atoms. The van der Waals surface area contributed by atoms with Gasteiger partial charge in [-0.15, -0.1) is 0 Å². The van der Waals surface area contributed by atoms with Crippen LogP contribution in [-0.2, 0) is 6.54 Å². The van der Waals surface area contributed by atoms with Crippen LogP contribution in [0.3, 0.4) is 0 Å². The van der Waals surface area contributed by atoms with Crippen LogP contribution in [0.1, 0.15) is 18.4 Å². The summed E-state index contributed by atoms with van der Waals surface area (Å²) in [5.74, 6) is 0.618. The van der Waals surface area contributed by atoms with Gasteiger partial charge in [0.1, 0.15) is 5.75 Å². The van der Waals surface area contributed by atoms with Crippen LogP contribution >= 0.6 is 0 Å². The number of nitro benzene ring substituents is 1. The predicted molar refractivity (Wildman–Crippen MR) is 66.2 cm³/mol. The Morgan fingerprint density at radius 2 is 2.33 bits per heavy atom. The molecule has 0 heterocycles. The molecule has 1 aromatic carbocycles. The van der Waals surface area contributed by atoms with E-state index in [1.807, 2.05) is 6.07 Å². The van der Waals surface area contributed by atoms with Crippen molar-refractivity contribution in [2.75, 3.05) is 13.7 Å². The number of hydrogen-bond acceptors (Lipinski definition) is 5. The van der Waals surface area contributed by atoms with Crippen molar-refractivity contribution >= 4 is 5.69 Å². The number of nitrogens with one attached hydrogen (secondary N) is 1. The molecule has 0 atom stereocenters. The third-order valence-electron chi connectivity index (χ3n) is 2.31. The number of unbranched alkanes of at least 4 members (excludes halogenated alkanes) is 1. The summed E-state index contributed by atoms with van der Waals surface area (Å²) in [6.45, 7) is 0.928. The fourth-order valence-corrected chi connectivity index (χ4v) is 1.48. The maximum absolute atomic E-state index is 10.7. The monoisotopic (exact) mass is 249 g/mol. The molecular weight excluding hydrogens is 234 g/mol. The molecule has 0 unspecified atom stereocenters. The predicted octanol–water partition coefficient (Wildman–Crippen LogP) is 2.00. The van der Waals surface area contributed by atoms with Crippen molar-refractivity contribution in [3.63, 3.8) is 0 Å². The average Bonchev–Trinajstić information content (AvgIpc) is 2.36. The molecule has 0 aromatic heterocycles. The summed E-state index contributed by atoms with van der Waals surface area (Å²) in [5.41, 5.74) is 0.785. The van der Waals surface area contributed by atoms with Gasteiger partial charge in [-0.2, -0.15) is 5.26 Å². The summed E-state index contributed by atoms with van der Waals surface area (Å²) in [6.07, 6.45) is 1.08. The molecule has 6 heteroatoms. The second kappa shape index (κ2) is 7.25. The average molecular weight is 249 g/mol. The van der Waals surface area contributed by atoms with Crippen molar-refractivity contribution in [3.8, 4) is 11.8 Å². The van der Waals surface area contributed by atoms with Crippen molar-refractivity contribution in [2.45, 2.75) is 19.4 Å². The molecule has 0 saturated carbocycles. The first-order valence-electron chi connectivity index (χ1n) is 5.60. The first-order valence-corrected chi connectivity index (χ1v) is 5.60. The number of benzene rings is 1. The number of nitro groups is 1. The molecule has 0 aliphatic heterocycles. The van der Waals surface area contributed by atoms with Gasteiger partial charge in [0.25, 0.3) is 5.69 Å². The van der Waals surface area contributed by atoms with Gasteiger partial charge in [-0.25, -0.2) is 0 Å². The van der Waals surface area contributed by atoms with E-state index in [0.717, 1.165) is 5.56 Å². The molecule has 6 nitrogen and oxygen atoms in total. The van der Waals surface area contributed by atoms with Crippen molar-refractivity contribution in [3.05, 3.63) is 33.9 Å². The highest BCUT2D eigenvalue weighted by molar-refractivity contribution is 5.43. The van der Waals surface area contributed by atoms with Crippen LogP contribution in [-0.4, -0.2) is 18.6 Å². The van der Waals surface area contributed by atoms with Crippen molar-refractivity contribution in [2.24, 2.45) is 0 Å². The van der Waals surface area contributed by atoms with Crippen LogP contribution in [0.4, 0.5) is 5.69 Å². The Balaban J connectivity index is 2.76. The van der Waals surface area contributed by atoms with E-state index in [1.165, 1.54) is 12.1 Å². The second-order valence-corrected chi connectivity index (χ2v) is 3.69. The van der Waals surface area contributed by atoms with E-state index in [2.05, 4.69) is 5.32 Å². The van der Waals surface area contributed by atoms with Crippen LogP contribution in [0.25, 0.3) is 0 Å².